The zero-order valence-corrected chi connectivity index (χ0v) is 12.5. The lowest BCUT2D eigenvalue weighted by Crippen LogP contribution is -2.21. The van der Waals surface area contributed by atoms with Crippen molar-refractivity contribution in [3.8, 4) is 17.2 Å². The molecule has 0 fully saturated rings. The van der Waals surface area contributed by atoms with Crippen LogP contribution >= 0.6 is 0 Å². The molecule has 0 radical (unpaired) electrons. The molecule has 0 unspecified atom stereocenters. The normalized spacial score (nSPS) is 10.5. The molecule has 0 saturated carbocycles. The lowest BCUT2D eigenvalue weighted by atomic mass is 10.2. The largest absolute Gasteiger partial charge is 0.484 e. The molecule has 0 bridgehead atoms. The van der Waals surface area contributed by atoms with E-state index in [0.717, 1.165) is 6.07 Å². The number of ether oxygens (including phenoxy) is 1. The number of anilines is 1. The fraction of sp³-hybridized carbons (Fsp3) is 0.0625. The van der Waals surface area contributed by atoms with Crippen LogP contribution in [0.25, 0.3) is 11.5 Å². The van der Waals surface area contributed by atoms with Crippen LogP contribution in [-0.2, 0) is 4.79 Å². The minimum Gasteiger partial charge on any atom is -0.484 e. The van der Waals surface area contributed by atoms with Crippen molar-refractivity contribution in [2.75, 3.05) is 11.9 Å². The molecule has 25 heavy (non-hydrogen) atoms. The van der Waals surface area contributed by atoms with Crippen molar-refractivity contribution in [1.29, 1.82) is 0 Å². The first kappa shape index (κ1) is 16.5. The van der Waals surface area contributed by atoms with Crippen molar-refractivity contribution in [3.63, 3.8) is 0 Å². The Labute approximate surface area is 139 Å². The van der Waals surface area contributed by atoms with Crippen LogP contribution in [0, 0.1) is 17.5 Å². The van der Waals surface area contributed by atoms with Gasteiger partial charge in [0.05, 0.1) is 5.69 Å². The van der Waals surface area contributed by atoms with E-state index < -0.39 is 35.7 Å². The second-order valence-corrected chi connectivity index (χ2v) is 4.83. The molecular weight excluding hydrogens is 339 g/mol. The topological polar surface area (TPSA) is 77.2 Å². The highest BCUT2D eigenvalue weighted by Gasteiger charge is 2.15. The highest BCUT2D eigenvalue weighted by Crippen LogP contribution is 2.21. The molecule has 0 aliphatic heterocycles. The predicted molar refractivity (Wildman–Crippen MR) is 80.2 cm³/mol. The summed E-state index contributed by atoms with van der Waals surface area (Å²) in [4.78, 5) is 11.7. The van der Waals surface area contributed by atoms with Gasteiger partial charge in [-0.2, -0.15) is 0 Å². The number of carbonyl (C=O) groups excluding carboxylic acids is 1. The first-order valence-corrected chi connectivity index (χ1v) is 6.97. The summed E-state index contributed by atoms with van der Waals surface area (Å²) in [5, 5.41) is 9.41. The zero-order chi connectivity index (χ0) is 17.8. The summed E-state index contributed by atoms with van der Waals surface area (Å²) in [6.07, 6.45) is 1.20. The molecule has 9 heteroatoms. The van der Waals surface area contributed by atoms with Gasteiger partial charge in [-0.05, 0) is 36.4 Å². The van der Waals surface area contributed by atoms with Crippen molar-refractivity contribution < 1.29 is 27.1 Å². The maximum absolute atomic E-state index is 13.5. The number of hydrogen-bond acceptors (Lipinski definition) is 5. The second-order valence-electron chi connectivity index (χ2n) is 4.83. The van der Waals surface area contributed by atoms with E-state index in [1.165, 1.54) is 6.39 Å². The zero-order valence-electron chi connectivity index (χ0n) is 12.5. The van der Waals surface area contributed by atoms with Gasteiger partial charge in [-0.1, -0.05) is 0 Å². The number of rotatable bonds is 5. The van der Waals surface area contributed by atoms with Crippen LogP contribution in [0.2, 0.25) is 0 Å². The number of amides is 1. The van der Waals surface area contributed by atoms with Gasteiger partial charge in [0.1, 0.15) is 5.75 Å². The molecule has 3 rings (SSSR count). The number of hydrogen-bond donors (Lipinski definition) is 1. The summed E-state index contributed by atoms with van der Waals surface area (Å²) in [5.41, 5.74) is 0.192. The van der Waals surface area contributed by atoms with Crippen molar-refractivity contribution >= 4 is 11.6 Å². The quantitative estimate of drug-likeness (QED) is 0.716. The van der Waals surface area contributed by atoms with Gasteiger partial charge in [-0.25, -0.2) is 13.2 Å². The molecule has 0 spiro atoms. The van der Waals surface area contributed by atoms with Gasteiger partial charge in [0.25, 0.3) is 5.91 Å². The van der Waals surface area contributed by atoms with Gasteiger partial charge in [-0.3, -0.25) is 4.79 Å². The molecule has 1 amide bonds. The molecule has 0 atom stereocenters. The molecule has 6 nitrogen and oxygen atoms in total. The molecule has 128 valence electrons. The standard InChI is InChI=1S/C16H10F3N3O3/c17-11-5-6-12(15(19)14(11)18)21-13(23)7-24-10-3-1-9(2-4-10)16-22-20-8-25-16/h1-6,8H,7H2,(H,21,23). The maximum atomic E-state index is 13.5. The van der Waals surface area contributed by atoms with Crippen LogP contribution < -0.4 is 10.1 Å². The maximum Gasteiger partial charge on any atom is 0.262 e. The van der Waals surface area contributed by atoms with Crippen LogP contribution in [-0.4, -0.2) is 22.7 Å². The Bertz CT molecular complexity index is 884. The van der Waals surface area contributed by atoms with Gasteiger partial charge in [0.2, 0.25) is 12.3 Å². The highest BCUT2D eigenvalue weighted by molar-refractivity contribution is 5.92. The third-order valence-corrected chi connectivity index (χ3v) is 3.14. The molecule has 1 N–H and O–H groups in total. The number of nitrogens with one attached hydrogen (secondary N) is 1. The van der Waals surface area contributed by atoms with Gasteiger partial charge in [0, 0.05) is 5.56 Å². The summed E-state index contributed by atoms with van der Waals surface area (Å²) < 4.78 is 49.7. The Morgan fingerprint density at radius 2 is 1.84 bits per heavy atom. The SMILES string of the molecule is O=C(COc1ccc(-c2nnco2)cc1)Nc1ccc(F)c(F)c1F. The lowest BCUT2D eigenvalue weighted by Gasteiger charge is -2.09. The summed E-state index contributed by atoms with van der Waals surface area (Å²) in [6.45, 7) is -0.446. The monoisotopic (exact) mass is 349 g/mol. The van der Waals surface area contributed by atoms with E-state index in [9.17, 15) is 18.0 Å². The summed E-state index contributed by atoms with van der Waals surface area (Å²) in [5.74, 6) is -4.51. The number of carbonyl (C=O) groups is 1. The van der Waals surface area contributed by atoms with E-state index >= 15 is 0 Å². The van der Waals surface area contributed by atoms with Crippen LogP contribution in [0.15, 0.2) is 47.2 Å². The minimum atomic E-state index is -1.66. The first-order chi connectivity index (χ1) is 12.0. The molecule has 3 aromatic rings. The molecule has 1 heterocycles. The average Bonchev–Trinajstić information content (AvgIpc) is 3.16. The third kappa shape index (κ3) is 3.77. The lowest BCUT2D eigenvalue weighted by molar-refractivity contribution is -0.118. The number of halogens is 3. The fourth-order valence-corrected chi connectivity index (χ4v) is 1.95. The van der Waals surface area contributed by atoms with E-state index in [1.54, 1.807) is 24.3 Å². The molecular formula is C16H10F3N3O3. The number of nitrogens with zero attached hydrogens (tertiary/aromatic N) is 2. The molecule has 0 saturated heterocycles. The smallest absolute Gasteiger partial charge is 0.262 e. The molecule has 0 aliphatic rings. The highest BCUT2D eigenvalue weighted by atomic mass is 19.2. The second kappa shape index (κ2) is 7.04. The van der Waals surface area contributed by atoms with Crippen LogP contribution in [0.5, 0.6) is 5.75 Å². The van der Waals surface area contributed by atoms with Gasteiger partial charge in [0.15, 0.2) is 24.1 Å². The van der Waals surface area contributed by atoms with Gasteiger partial charge >= 0.3 is 0 Å². The number of aromatic nitrogens is 2. The van der Waals surface area contributed by atoms with Gasteiger partial charge < -0.3 is 14.5 Å². The van der Waals surface area contributed by atoms with Crippen LogP contribution in [0.3, 0.4) is 0 Å². The Morgan fingerprint density at radius 3 is 2.52 bits per heavy atom. The number of benzene rings is 2. The summed E-state index contributed by atoms with van der Waals surface area (Å²) in [6, 6.07) is 8.08. The molecule has 2 aromatic carbocycles. The van der Waals surface area contributed by atoms with Crippen molar-refractivity contribution in [2.24, 2.45) is 0 Å². The Morgan fingerprint density at radius 1 is 1.08 bits per heavy atom. The van der Waals surface area contributed by atoms with Crippen molar-refractivity contribution in [3.05, 3.63) is 60.2 Å². The Kier molecular flexibility index (Phi) is 4.64. The van der Waals surface area contributed by atoms with E-state index in [2.05, 4.69) is 15.5 Å². The summed E-state index contributed by atoms with van der Waals surface area (Å²) >= 11 is 0. The van der Waals surface area contributed by atoms with E-state index in [4.69, 9.17) is 9.15 Å². The Hall–Kier alpha value is -3.36. The van der Waals surface area contributed by atoms with Crippen molar-refractivity contribution in [2.45, 2.75) is 0 Å². The molecule has 1 aromatic heterocycles. The first-order valence-electron chi connectivity index (χ1n) is 6.97. The summed E-state index contributed by atoms with van der Waals surface area (Å²) in [7, 11) is 0. The minimum absolute atomic E-state index is 0.332. The fourth-order valence-electron chi connectivity index (χ4n) is 1.95. The predicted octanol–water partition coefficient (Wildman–Crippen LogP) is 3.17. The van der Waals surface area contributed by atoms with Crippen LogP contribution in [0.1, 0.15) is 0 Å². The van der Waals surface area contributed by atoms with E-state index in [0.29, 0.717) is 23.3 Å². The van der Waals surface area contributed by atoms with Crippen molar-refractivity contribution in [1.82, 2.24) is 10.2 Å². The average molecular weight is 349 g/mol. The molecule has 0 aliphatic carbocycles. The van der Waals surface area contributed by atoms with E-state index in [1.807, 2.05) is 0 Å². The Balaban J connectivity index is 1.58. The third-order valence-electron chi connectivity index (χ3n) is 3.14. The van der Waals surface area contributed by atoms with E-state index in [-0.39, 0.29) is 0 Å². The van der Waals surface area contributed by atoms with Gasteiger partial charge in [-0.15, -0.1) is 10.2 Å². The van der Waals surface area contributed by atoms with Crippen LogP contribution in [0.4, 0.5) is 18.9 Å².